The van der Waals surface area contributed by atoms with E-state index < -0.39 is 16.6 Å². The van der Waals surface area contributed by atoms with Crippen LogP contribution >= 0.6 is 0 Å². The fraction of sp³-hybridized carbons (Fsp3) is 0.520. The van der Waals surface area contributed by atoms with E-state index in [1.165, 1.54) is 42.5 Å². The third kappa shape index (κ3) is 9.06. The van der Waals surface area contributed by atoms with Crippen molar-refractivity contribution in [1.82, 2.24) is 0 Å². The summed E-state index contributed by atoms with van der Waals surface area (Å²) >= 11 is 0. The van der Waals surface area contributed by atoms with Crippen LogP contribution in [0.2, 0.25) is 38.3 Å². The van der Waals surface area contributed by atoms with Crippen LogP contribution in [-0.2, 0) is 17.0 Å². The van der Waals surface area contributed by atoms with Crippen molar-refractivity contribution in [2.45, 2.75) is 70.4 Å². The van der Waals surface area contributed by atoms with Crippen molar-refractivity contribution in [1.29, 1.82) is 0 Å². The summed E-state index contributed by atoms with van der Waals surface area (Å²) in [5.41, 5.74) is 2.78. The predicted octanol–water partition coefficient (Wildman–Crippen LogP) is 7.09. The van der Waals surface area contributed by atoms with Crippen LogP contribution in [0.4, 0.5) is 0 Å². The van der Waals surface area contributed by atoms with Crippen molar-refractivity contribution in [3.05, 3.63) is 59.7 Å². The molecule has 2 rings (SSSR count). The molecule has 0 N–H and O–H groups in total. The Labute approximate surface area is 186 Å². The molecule has 0 saturated heterocycles. The Balaban J connectivity index is 1.69. The lowest BCUT2D eigenvalue weighted by Gasteiger charge is -2.34. The highest BCUT2D eigenvalue weighted by Crippen LogP contribution is 2.26. The van der Waals surface area contributed by atoms with Crippen LogP contribution < -0.4 is 9.47 Å². The van der Waals surface area contributed by atoms with E-state index in [-0.39, 0.29) is 0 Å². The van der Waals surface area contributed by atoms with Crippen molar-refractivity contribution < 1.29 is 13.6 Å². The summed E-state index contributed by atoms with van der Waals surface area (Å²) in [4.78, 5) is 0. The van der Waals surface area contributed by atoms with Gasteiger partial charge in [-0.2, -0.15) is 0 Å². The zero-order valence-corrected chi connectivity index (χ0v) is 21.8. The molecule has 0 fully saturated rings. The Morgan fingerprint density at radius 3 is 1.40 bits per heavy atom. The summed E-state index contributed by atoms with van der Waals surface area (Å²) in [5.74, 6) is 1.86. The van der Waals surface area contributed by atoms with E-state index >= 15 is 0 Å². The second-order valence-electron chi connectivity index (χ2n) is 9.38. The van der Waals surface area contributed by atoms with E-state index in [1.54, 1.807) is 14.2 Å². The highest BCUT2D eigenvalue weighted by atomic mass is 28.4. The molecule has 0 bridgehead atoms. The fourth-order valence-corrected chi connectivity index (χ4v) is 13.0. The second kappa shape index (κ2) is 11.7. The first-order valence-electron chi connectivity index (χ1n) is 11.2. The zero-order chi connectivity index (χ0) is 22.0. The van der Waals surface area contributed by atoms with Gasteiger partial charge in [-0.3, -0.25) is 0 Å². The largest absolute Gasteiger partial charge is 0.497 e. The van der Waals surface area contributed by atoms with Gasteiger partial charge in [0.05, 0.1) is 14.2 Å². The number of benzene rings is 2. The molecule has 0 heterocycles. The van der Waals surface area contributed by atoms with Gasteiger partial charge in [-0.1, -0.05) is 30.7 Å². The first-order chi connectivity index (χ1) is 14.2. The molecule has 3 nitrogen and oxygen atoms in total. The third-order valence-electron chi connectivity index (χ3n) is 5.61. The molecule has 30 heavy (non-hydrogen) atoms. The van der Waals surface area contributed by atoms with Crippen LogP contribution in [0.25, 0.3) is 0 Å². The predicted molar refractivity (Wildman–Crippen MR) is 133 cm³/mol. The number of rotatable bonds is 13. The van der Waals surface area contributed by atoms with Gasteiger partial charge in [-0.25, -0.2) is 0 Å². The van der Waals surface area contributed by atoms with Gasteiger partial charge in [-0.15, -0.1) is 0 Å². The number of ether oxygens (including phenoxy) is 2. The average Bonchev–Trinajstić information content (AvgIpc) is 2.71. The van der Waals surface area contributed by atoms with Gasteiger partial charge < -0.3 is 13.6 Å². The highest BCUT2D eigenvalue weighted by molar-refractivity contribution is 6.84. The fourth-order valence-electron chi connectivity index (χ4n) is 4.03. The van der Waals surface area contributed by atoms with Gasteiger partial charge in [0.1, 0.15) is 11.5 Å². The molecule has 0 aromatic heterocycles. The minimum atomic E-state index is -1.62. The van der Waals surface area contributed by atoms with Crippen LogP contribution in [0.5, 0.6) is 11.5 Å². The van der Waals surface area contributed by atoms with Gasteiger partial charge >= 0.3 is 0 Å². The summed E-state index contributed by atoms with van der Waals surface area (Å²) < 4.78 is 17.3. The Bertz CT molecular complexity index is 740. The molecule has 0 aliphatic rings. The van der Waals surface area contributed by atoms with Crippen LogP contribution in [0.3, 0.4) is 0 Å². The minimum absolute atomic E-state index is 0.927. The molecule has 0 amide bonds. The molecular weight excluding hydrogens is 404 g/mol. The van der Waals surface area contributed by atoms with Crippen LogP contribution in [0, 0.1) is 0 Å². The Kier molecular flexibility index (Phi) is 9.65. The summed E-state index contributed by atoms with van der Waals surface area (Å²) in [6.07, 6.45) is 5.94. The monoisotopic (exact) mass is 444 g/mol. The van der Waals surface area contributed by atoms with Gasteiger partial charge in [0.25, 0.3) is 0 Å². The molecule has 2 aromatic carbocycles. The Hall–Kier alpha value is -1.57. The van der Waals surface area contributed by atoms with E-state index in [1.807, 2.05) is 0 Å². The maximum absolute atomic E-state index is 6.82. The topological polar surface area (TPSA) is 27.7 Å². The Morgan fingerprint density at radius 1 is 0.567 bits per heavy atom. The molecule has 0 saturated carbocycles. The van der Waals surface area contributed by atoms with Crippen LogP contribution in [0.15, 0.2) is 48.5 Å². The second-order valence-corrected chi connectivity index (χ2v) is 18.2. The van der Waals surface area contributed by atoms with E-state index in [0.29, 0.717) is 0 Å². The van der Waals surface area contributed by atoms with E-state index in [0.717, 1.165) is 24.3 Å². The van der Waals surface area contributed by atoms with Crippen molar-refractivity contribution >= 4 is 16.6 Å². The molecule has 0 aliphatic heterocycles. The lowest BCUT2D eigenvalue weighted by molar-refractivity contribution is 0.414. The first kappa shape index (κ1) is 24.7. The van der Waals surface area contributed by atoms with Crippen molar-refractivity contribution in [2.24, 2.45) is 0 Å². The van der Waals surface area contributed by atoms with Crippen molar-refractivity contribution in [2.75, 3.05) is 14.2 Å². The summed E-state index contributed by atoms with van der Waals surface area (Å²) in [6, 6.07) is 19.4. The summed E-state index contributed by atoms with van der Waals surface area (Å²) in [7, 11) is 0.197. The lowest BCUT2D eigenvalue weighted by atomic mass is 10.1. The van der Waals surface area contributed by atoms with E-state index in [2.05, 4.69) is 74.7 Å². The van der Waals surface area contributed by atoms with Crippen LogP contribution in [0.1, 0.15) is 30.4 Å². The molecule has 166 valence electrons. The Morgan fingerprint density at radius 2 is 0.967 bits per heavy atom. The molecule has 0 radical (unpaired) electrons. The summed E-state index contributed by atoms with van der Waals surface area (Å²) in [6.45, 7) is 9.59. The standard InChI is InChI=1S/C25H40O3Si2/c1-26-24-16-12-22(13-17-24)10-7-8-20-29(3,4)28-30(5,6)21-9-11-23-14-18-25(27-2)19-15-23/h12-19H,7-11,20-21H2,1-6H3. The molecule has 0 unspecified atom stereocenters. The van der Waals surface area contributed by atoms with Gasteiger partial charge in [0.15, 0.2) is 16.6 Å². The first-order valence-corrected chi connectivity index (χ1v) is 17.4. The molecule has 0 spiro atoms. The number of methoxy groups -OCH3 is 2. The van der Waals surface area contributed by atoms with Crippen LogP contribution in [-0.4, -0.2) is 30.9 Å². The average molecular weight is 445 g/mol. The quantitative estimate of drug-likeness (QED) is 0.244. The smallest absolute Gasteiger partial charge is 0.173 e. The molecule has 0 aliphatic carbocycles. The zero-order valence-electron chi connectivity index (χ0n) is 19.8. The number of hydrogen-bond donors (Lipinski definition) is 0. The molecule has 2 aromatic rings. The lowest BCUT2D eigenvalue weighted by Crippen LogP contribution is -2.44. The maximum Gasteiger partial charge on any atom is 0.173 e. The minimum Gasteiger partial charge on any atom is -0.497 e. The van der Waals surface area contributed by atoms with Gasteiger partial charge in [-0.05, 0) is 99.4 Å². The molecule has 5 heteroatoms. The highest BCUT2D eigenvalue weighted by Gasteiger charge is 2.32. The van der Waals surface area contributed by atoms with E-state index in [4.69, 9.17) is 13.6 Å². The third-order valence-corrected chi connectivity index (χ3v) is 13.1. The summed E-state index contributed by atoms with van der Waals surface area (Å²) in [5, 5.41) is 0. The SMILES string of the molecule is COc1ccc(CCCC[Si](C)(C)O[Si](C)(C)CCCc2ccc(OC)cc2)cc1. The van der Waals surface area contributed by atoms with E-state index in [9.17, 15) is 0 Å². The number of hydrogen-bond acceptors (Lipinski definition) is 3. The molecular formula is C25H40O3Si2. The molecule has 0 atom stereocenters. The van der Waals surface area contributed by atoms with Gasteiger partial charge in [0.2, 0.25) is 0 Å². The number of aryl methyl sites for hydroxylation is 2. The number of unbranched alkanes of at least 4 members (excludes halogenated alkanes) is 1. The normalized spacial score (nSPS) is 12.1. The maximum atomic E-state index is 6.82. The van der Waals surface area contributed by atoms with Gasteiger partial charge in [0, 0.05) is 0 Å². The van der Waals surface area contributed by atoms with Crippen molar-refractivity contribution in [3.8, 4) is 11.5 Å². The van der Waals surface area contributed by atoms with Crippen molar-refractivity contribution in [3.63, 3.8) is 0 Å².